The maximum absolute atomic E-state index is 14.3. The number of rotatable bonds is 10. The molecular weight excluding hydrogens is 868 g/mol. The van der Waals surface area contributed by atoms with Gasteiger partial charge in [0, 0.05) is 68.4 Å². The van der Waals surface area contributed by atoms with E-state index in [1.165, 1.54) is 23.8 Å². The molecule has 3 atom stereocenters. The van der Waals surface area contributed by atoms with Gasteiger partial charge in [-0.1, -0.05) is 19.4 Å². The van der Waals surface area contributed by atoms with Crippen molar-refractivity contribution in [3.05, 3.63) is 64.2 Å². The Morgan fingerprint density at radius 3 is 2.42 bits per heavy atom. The Kier molecular flexibility index (Phi) is 14.1. The van der Waals surface area contributed by atoms with Gasteiger partial charge in [0.2, 0.25) is 17.8 Å². The summed E-state index contributed by atoms with van der Waals surface area (Å²) >= 11 is 1.62. The topological polar surface area (TPSA) is 141 Å². The fraction of sp³-hybridized carbons (Fsp3) is 0.587. The lowest BCUT2D eigenvalue weighted by Gasteiger charge is -2.38. The van der Waals surface area contributed by atoms with Gasteiger partial charge in [0.05, 0.1) is 23.3 Å². The lowest BCUT2D eigenvalue weighted by molar-refractivity contribution is -0.138. The average Bonchev–Trinajstić information content (AvgIpc) is 3.50. The van der Waals surface area contributed by atoms with Crippen molar-refractivity contribution in [1.82, 2.24) is 34.5 Å². The highest BCUT2D eigenvalue weighted by molar-refractivity contribution is 7.97. The SMILES string of the molecule is Cc1cc(SNC2CCC2)ccc1Nc1ncc(C(F)(F)F)c(N2CCCC(C)C2)n1.Cn1c(=O)n(C2CCC(=O)NC2=O)c2cccc(N3CCC(CC4CCNCC4(F)F)CC3)c21. The van der Waals surface area contributed by atoms with Crippen LogP contribution in [0.2, 0.25) is 0 Å². The summed E-state index contributed by atoms with van der Waals surface area (Å²) in [6.07, 6.45) is 5.23. The minimum atomic E-state index is -4.49. The van der Waals surface area contributed by atoms with Gasteiger partial charge in [0.15, 0.2) is 0 Å². The van der Waals surface area contributed by atoms with E-state index in [0.29, 0.717) is 56.4 Å². The van der Waals surface area contributed by atoms with Gasteiger partial charge in [-0.3, -0.25) is 28.8 Å². The number of amides is 2. The summed E-state index contributed by atoms with van der Waals surface area (Å²) in [6.45, 7) is 7.06. The number of aryl methyl sites for hydroxylation is 2. The summed E-state index contributed by atoms with van der Waals surface area (Å²) in [5.41, 5.74) is 3.02. The molecule has 4 N–H and O–H groups in total. The van der Waals surface area contributed by atoms with Crippen LogP contribution in [0.15, 0.2) is 52.3 Å². The van der Waals surface area contributed by atoms with Crippen LogP contribution < -0.4 is 36.2 Å². The van der Waals surface area contributed by atoms with Crippen LogP contribution >= 0.6 is 11.9 Å². The van der Waals surface area contributed by atoms with E-state index in [2.05, 4.69) is 48.5 Å². The molecule has 4 saturated heterocycles. The average molecular weight is 927 g/mol. The second-order valence-corrected chi connectivity index (χ2v) is 19.4. The number of fused-ring (bicyclic) bond motifs is 1. The molecule has 6 heterocycles. The monoisotopic (exact) mass is 926 g/mol. The predicted molar refractivity (Wildman–Crippen MR) is 243 cm³/mol. The molecule has 2 aromatic carbocycles. The van der Waals surface area contributed by atoms with Crippen molar-refractivity contribution in [2.75, 3.05) is 54.4 Å². The molecule has 5 fully saturated rings. The van der Waals surface area contributed by atoms with Gasteiger partial charge in [0.25, 0.3) is 5.92 Å². The van der Waals surface area contributed by atoms with Crippen molar-refractivity contribution in [2.45, 2.75) is 114 Å². The van der Waals surface area contributed by atoms with Crippen LogP contribution in [0.5, 0.6) is 0 Å². The molecule has 19 heteroatoms. The summed E-state index contributed by atoms with van der Waals surface area (Å²) in [7, 11) is 1.70. The summed E-state index contributed by atoms with van der Waals surface area (Å²) < 4.78 is 75.8. The fourth-order valence-corrected chi connectivity index (χ4v) is 10.7. The number of alkyl halides is 5. The lowest BCUT2D eigenvalue weighted by Crippen LogP contribution is -2.47. The third-order valence-corrected chi connectivity index (χ3v) is 14.7. The first-order valence-electron chi connectivity index (χ1n) is 22.9. The smallest absolute Gasteiger partial charge is 0.370 e. The summed E-state index contributed by atoms with van der Waals surface area (Å²) in [6, 6.07) is 11.5. The highest BCUT2D eigenvalue weighted by Gasteiger charge is 2.43. The molecule has 352 valence electrons. The van der Waals surface area contributed by atoms with Gasteiger partial charge in [-0.15, -0.1) is 0 Å². The first kappa shape index (κ1) is 46.8. The molecule has 3 unspecified atom stereocenters. The first-order valence-corrected chi connectivity index (χ1v) is 23.7. The number of benzene rings is 2. The number of nitrogens with one attached hydrogen (secondary N) is 4. The Hall–Kier alpha value is -4.75. The molecule has 4 aromatic rings. The minimum Gasteiger partial charge on any atom is -0.370 e. The summed E-state index contributed by atoms with van der Waals surface area (Å²) in [5, 5.41) is 8.24. The Morgan fingerprint density at radius 2 is 1.74 bits per heavy atom. The van der Waals surface area contributed by atoms with Crippen LogP contribution in [0.3, 0.4) is 0 Å². The largest absolute Gasteiger partial charge is 0.421 e. The molecular formula is C46H59F5N10O3S. The van der Waals surface area contributed by atoms with Crippen LogP contribution in [-0.4, -0.2) is 82.1 Å². The number of aromatic nitrogens is 4. The van der Waals surface area contributed by atoms with Gasteiger partial charge in [-0.2, -0.15) is 18.2 Å². The number of hydrogen-bond donors (Lipinski definition) is 4. The van der Waals surface area contributed by atoms with Gasteiger partial charge >= 0.3 is 11.9 Å². The van der Waals surface area contributed by atoms with Crippen molar-refractivity contribution in [1.29, 1.82) is 0 Å². The van der Waals surface area contributed by atoms with Crippen LogP contribution in [0.25, 0.3) is 11.0 Å². The highest BCUT2D eigenvalue weighted by Crippen LogP contribution is 2.40. The number of para-hydroxylation sites is 1. The van der Waals surface area contributed by atoms with Crippen molar-refractivity contribution >= 4 is 57.9 Å². The Labute approximate surface area is 379 Å². The van der Waals surface area contributed by atoms with E-state index in [0.717, 1.165) is 72.3 Å². The number of halogens is 5. The van der Waals surface area contributed by atoms with Crippen LogP contribution in [0, 0.1) is 24.7 Å². The van der Waals surface area contributed by atoms with E-state index in [1.807, 2.05) is 37.3 Å². The molecule has 65 heavy (non-hydrogen) atoms. The zero-order valence-electron chi connectivity index (χ0n) is 37.2. The molecule has 4 aliphatic heterocycles. The molecule has 0 spiro atoms. The van der Waals surface area contributed by atoms with Gasteiger partial charge in [-0.05, 0) is 131 Å². The zero-order valence-corrected chi connectivity index (χ0v) is 38.0. The lowest BCUT2D eigenvalue weighted by atomic mass is 9.81. The van der Waals surface area contributed by atoms with E-state index in [4.69, 9.17) is 0 Å². The number of nitrogens with zero attached hydrogens (tertiary/aromatic N) is 6. The summed E-state index contributed by atoms with van der Waals surface area (Å²) in [4.78, 5) is 50.5. The second-order valence-electron chi connectivity index (χ2n) is 18.5. The summed E-state index contributed by atoms with van der Waals surface area (Å²) in [5.74, 6) is -3.23. The van der Waals surface area contributed by atoms with E-state index in [9.17, 15) is 36.3 Å². The number of imide groups is 1. The molecule has 1 aliphatic carbocycles. The quantitative estimate of drug-likeness (QED) is 0.0697. The van der Waals surface area contributed by atoms with E-state index in [1.54, 1.807) is 28.5 Å². The molecule has 0 bridgehead atoms. The number of anilines is 4. The maximum atomic E-state index is 14.3. The van der Waals surface area contributed by atoms with Crippen molar-refractivity contribution in [2.24, 2.45) is 24.8 Å². The van der Waals surface area contributed by atoms with E-state index < -0.39 is 35.5 Å². The van der Waals surface area contributed by atoms with Crippen molar-refractivity contribution in [3.63, 3.8) is 0 Å². The predicted octanol–water partition coefficient (Wildman–Crippen LogP) is 8.10. The molecule has 2 amide bonds. The number of imidazole rings is 1. The normalized spacial score (nSPS) is 23.2. The van der Waals surface area contributed by atoms with Crippen LogP contribution in [-0.2, 0) is 22.8 Å². The van der Waals surface area contributed by atoms with Gasteiger partial charge in [-0.25, -0.2) is 18.6 Å². The zero-order chi connectivity index (χ0) is 46.0. The molecule has 5 aliphatic rings. The Bertz CT molecular complexity index is 2410. The van der Waals surface area contributed by atoms with Crippen molar-refractivity contribution in [3.8, 4) is 0 Å². The molecule has 0 radical (unpaired) electrons. The number of carbonyl (C=O) groups excluding carboxylic acids is 2. The van der Waals surface area contributed by atoms with Gasteiger partial charge < -0.3 is 20.4 Å². The van der Waals surface area contributed by atoms with Gasteiger partial charge in [0.1, 0.15) is 17.4 Å². The first-order chi connectivity index (χ1) is 31.1. The molecule has 2 aromatic heterocycles. The molecule has 1 saturated carbocycles. The van der Waals surface area contributed by atoms with E-state index in [-0.39, 0.29) is 42.2 Å². The third-order valence-electron chi connectivity index (χ3n) is 13.7. The number of piperidine rings is 4. The highest BCUT2D eigenvalue weighted by atomic mass is 32.2. The Morgan fingerprint density at radius 1 is 0.954 bits per heavy atom. The van der Waals surface area contributed by atoms with Crippen molar-refractivity contribution < 1.29 is 31.5 Å². The number of hydrogen-bond acceptors (Lipinski definition) is 11. The van der Waals surface area contributed by atoms with E-state index >= 15 is 0 Å². The standard InChI is InChI=1S/C24H31F2N5O3.C22H28F3N5S/c1-29-21-17(30-11-8-15(9-12-30)13-16-7-10-27-14-24(16,25)26)3-2-4-18(21)31(23(29)34)19-5-6-20(32)28-22(19)33;1-14-5-4-10-30(13-14)20-18(22(23,24)25)12-26-21(28-20)27-19-9-8-17(11-15(19)2)31-29-16-6-3-7-16/h2-4,15-16,19,27H,5-14H2,1H3,(H,28,32,33);8-9,11-12,14,16,29H,3-7,10,13H2,1-2H3,(H,26,27,28). The maximum Gasteiger partial charge on any atom is 0.421 e. The Balaban J connectivity index is 0.000000178. The van der Waals surface area contributed by atoms with Crippen LogP contribution in [0.1, 0.15) is 94.7 Å². The molecule has 13 nitrogen and oxygen atoms in total. The molecule has 9 rings (SSSR count). The number of carbonyl (C=O) groups is 2. The second kappa shape index (κ2) is 19.6. The minimum absolute atomic E-state index is 0.0360. The third kappa shape index (κ3) is 10.6. The van der Waals surface area contributed by atoms with Crippen LogP contribution in [0.4, 0.5) is 45.1 Å². The fourth-order valence-electron chi connectivity index (χ4n) is 9.79.